The summed E-state index contributed by atoms with van der Waals surface area (Å²) in [7, 11) is 0. The van der Waals surface area contributed by atoms with Crippen LogP contribution in [0.25, 0.3) is 0 Å². The molecule has 3 aromatic rings. The average Bonchev–Trinajstić information content (AvgIpc) is 3.37. The third-order valence-corrected chi connectivity index (χ3v) is 4.54. The fraction of sp³-hybridized carbons (Fsp3) is 0.143. The van der Waals surface area contributed by atoms with Gasteiger partial charge in [-0.1, -0.05) is 17.7 Å². The molecule has 3 heterocycles. The first-order valence-electron chi connectivity index (χ1n) is 8.45. The third kappa shape index (κ3) is 2.75. The number of hydrogen-bond acceptors (Lipinski definition) is 5. The highest BCUT2D eigenvalue weighted by Gasteiger charge is 2.46. The molecule has 0 saturated carbocycles. The third-order valence-electron chi connectivity index (χ3n) is 4.54. The van der Waals surface area contributed by atoms with Crippen molar-refractivity contribution in [1.82, 2.24) is 0 Å². The van der Waals surface area contributed by atoms with Crippen LogP contribution in [-0.4, -0.2) is 16.8 Å². The van der Waals surface area contributed by atoms with Crippen molar-refractivity contribution < 1.29 is 23.5 Å². The minimum atomic E-state index is -0.883. The number of carbonyl (C=O) groups is 2. The SMILES string of the molecule is Cc1ccc(N2C(=O)C(O)=C(C(=O)c3ccco3)C2c2ccc(C)o2)cc1. The Hall–Kier alpha value is -3.54. The standard InChI is InChI=1S/C21H17NO5/c1-12-5-8-14(9-6-12)22-18(15-10-7-13(2)27-15)17(20(24)21(22)25)19(23)16-4-3-11-26-16/h3-11,18,24H,1-2H3. The molecule has 1 aliphatic rings. The van der Waals surface area contributed by atoms with Gasteiger partial charge in [-0.2, -0.15) is 0 Å². The summed E-state index contributed by atoms with van der Waals surface area (Å²) in [6, 6.07) is 12.9. The number of carbonyl (C=O) groups excluding carboxylic acids is 2. The minimum Gasteiger partial charge on any atom is -0.503 e. The molecule has 0 fully saturated rings. The zero-order chi connectivity index (χ0) is 19.1. The molecule has 0 spiro atoms. The molecular formula is C21H17NO5. The van der Waals surface area contributed by atoms with Gasteiger partial charge in [0.15, 0.2) is 11.5 Å². The lowest BCUT2D eigenvalue weighted by Crippen LogP contribution is -2.30. The first-order chi connectivity index (χ1) is 13.0. The van der Waals surface area contributed by atoms with E-state index in [1.807, 2.05) is 19.1 Å². The number of aryl methyl sites for hydroxylation is 2. The number of aliphatic hydroxyl groups is 1. The Morgan fingerprint density at radius 2 is 1.81 bits per heavy atom. The van der Waals surface area contributed by atoms with Gasteiger partial charge in [0.25, 0.3) is 5.91 Å². The van der Waals surface area contributed by atoms with Crippen molar-refractivity contribution in [2.75, 3.05) is 4.90 Å². The summed E-state index contributed by atoms with van der Waals surface area (Å²) in [5.74, 6) is -0.746. The molecule has 1 aliphatic heterocycles. The van der Waals surface area contributed by atoms with Gasteiger partial charge in [0, 0.05) is 5.69 Å². The number of aliphatic hydroxyl groups excluding tert-OH is 1. The van der Waals surface area contributed by atoms with Gasteiger partial charge < -0.3 is 13.9 Å². The fourth-order valence-corrected chi connectivity index (χ4v) is 3.22. The fourth-order valence-electron chi connectivity index (χ4n) is 3.22. The van der Waals surface area contributed by atoms with Crippen LogP contribution in [0.3, 0.4) is 0 Å². The van der Waals surface area contributed by atoms with E-state index in [0.29, 0.717) is 17.2 Å². The minimum absolute atomic E-state index is 0.0448. The number of amides is 1. The number of rotatable bonds is 4. The van der Waals surface area contributed by atoms with E-state index in [0.717, 1.165) is 5.56 Å². The highest BCUT2D eigenvalue weighted by Crippen LogP contribution is 2.42. The van der Waals surface area contributed by atoms with Gasteiger partial charge in [0.05, 0.1) is 11.8 Å². The number of hydrogen-bond donors (Lipinski definition) is 1. The second-order valence-corrected chi connectivity index (χ2v) is 6.43. The molecule has 0 radical (unpaired) electrons. The van der Waals surface area contributed by atoms with Crippen LogP contribution in [0.2, 0.25) is 0 Å². The van der Waals surface area contributed by atoms with Gasteiger partial charge in [0.2, 0.25) is 5.78 Å². The molecule has 27 heavy (non-hydrogen) atoms. The van der Waals surface area contributed by atoms with Crippen molar-refractivity contribution in [2.24, 2.45) is 0 Å². The van der Waals surface area contributed by atoms with E-state index in [-0.39, 0.29) is 11.3 Å². The largest absolute Gasteiger partial charge is 0.503 e. The van der Waals surface area contributed by atoms with Crippen LogP contribution < -0.4 is 4.90 Å². The maximum atomic E-state index is 13.0. The molecule has 136 valence electrons. The van der Waals surface area contributed by atoms with Gasteiger partial charge in [-0.25, -0.2) is 0 Å². The van der Waals surface area contributed by atoms with E-state index < -0.39 is 23.5 Å². The van der Waals surface area contributed by atoms with Crippen LogP contribution in [-0.2, 0) is 4.79 Å². The van der Waals surface area contributed by atoms with Crippen LogP contribution in [0.5, 0.6) is 0 Å². The molecule has 1 atom stereocenters. The van der Waals surface area contributed by atoms with Crippen LogP contribution in [0.1, 0.15) is 33.7 Å². The van der Waals surface area contributed by atoms with Crippen molar-refractivity contribution >= 4 is 17.4 Å². The second-order valence-electron chi connectivity index (χ2n) is 6.43. The smallest absolute Gasteiger partial charge is 0.294 e. The first kappa shape index (κ1) is 16.9. The van der Waals surface area contributed by atoms with E-state index in [9.17, 15) is 14.7 Å². The van der Waals surface area contributed by atoms with Gasteiger partial charge in [-0.3, -0.25) is 14.5 Å². The predicted octanol–water partition coefficient (Wildman–Crippen LogP) is 4.27. The molecule has 0 saturated heterocycles. The predicted molar refractivity (Wildman–Crippen MR) is 97.5 cm³/mol. The monoisotopic (exact) mass is 363 g/mol. The highest BCUT2D eigenvalue weighted by atomic mass is 16.3. The number of furan rings is 2. The van der Waals surface area contributed by atoms with E-state index in [2.05, 4.69) is 0 Å². The topological polar surface area (TPSA) is 83.9 Å². The van der Waals surface area contributed by atoms with Crippen molar-refractivity contribution in [1.29, 1.82) is 0 Å². The molecular weight excluding hydrogens is 346 g/mol. The number of benzene rings is 1. The van der Waals surface area contributed by atoms with Crippen molar-refractivity contribution in [3.63, 3.8) is 0 Å². The van der Waals surface area contributed by atoms with Gasteiger partial charge in [-0.05, 0) is 50.2 Å². The molecule has 0 bridgehead atoms. The van der Waals surface area contributed by atoms with E-state index in [1.54, 1.807) is 37.3 Å². The highest BCUT2D eigenvalue weighted by molar-refractivity contribution is 6.20. The summed E-state index contributed by atoms with van der Waals surface area (Å²) >= 11 is 0. The molecule has 1 amide bonds. The Balaban J connectivity index is 1.87. The lowest BCUT2D eigenvalue weighted by atomic mass is 9.99. The number of ketones is 1. The summed E-state index contributed by atoms with van der Waals surface area (Å²) < 4.78 is 10.9. The van der Waals surface area contributed by atoms with Crippen LogP contribution in [0.4, 0.5) is 5.69 Å². The molecule has 1 unspecified atom stereocenters. The van der Waals surface area contributed by atoms with Crippen molar-refractivity contribution in [2.45, 2.75) is 19.9 Å². The first-order valence-corrected chi connectivity index (χ1v) is 8.45. The molecule has 0 aliphatic carbocycles. The Morgan fingerprint density at radius 1 is 1.07 bits per heavy atom. The number of nitrogens with zero attached hydrogens (tertiary/aromatic N) is 1. The average molecular weight is 363 g/mol. The zero-order valence-electron chi connectivity index (χ0n) is 14.8. The lowest BCUT2D eigenvalue weighted by Gasteiger charge is -2.25. The van der Waals surface area contributed by atoms with Crippen LogP contribution >= 0.6 is 0 Å². The second kappa shape index (κ2) is 6.32. The molecule has 4 rings (SSSR count). The van der Waals surface area contributed by atoms with Crippen LogP contribution in [0, 0.1) is 13.8 Å². The van der Waals surface area contributed by atoms with Gasteiger partial charge in [-0.15, -0.1) is 0 Å². The van der Waals surface area contributed by atoms with Crippen LogP contribution in [0.15, 0.2) is 75.0 Å². The summed E-state index contributed by atoms with van der Waals surface area (Å²) in [4.78, 5) is 27.2. The van der Waals surface area contributed by atoms with E-state index in [4.69, 9.17) is 8.83 Å². The van der Waals surface area contributed by atoms with E-state index >= 15 is 0 Å². The van der Waals surface area contributed by atoms with E-state index in [1.165, 1.54) is 17.2 Å². The summed E-state index contributed by atoms with van der Waals surface area (Å²) in [6.45, 7) is 3.71. The quantitative estimate of drug-likeness (QED) is 0.700. The Kier molecular flexibility index (Phi) is 3.96. The summed E-state index contributed by atoms with van der Waals surface area (Å²) in [5.41, 5.74) is 1.52. The summed E-state index contributed by atoms with van der Waals surface area (Å²) in [5, 5.41) is 10.5. The zero-order valence-corrected chi connectivity index (χ0v) is 14.8. The molecule has 1 N–H and O–H groups in total. The molecule has 2 aromatic heterocycles. The number of anilines is 1. The molecule has 6 nitrogen and oxygen atoms in total. The lowest BCUT2D eigenvalue weighted by molar-refractivity contribution is -0.117. The maximum Gasteiger partial charge on any atom is 0.294 e. The molecule has 1 aromatic carbocycles. The summed E-state index contributed by atoms with van der Waals surface area (Å²) in [6.07, 6.45) is 1.37. The Labute approximate surface area is 155 Å². The van der Waals surface area contributed by atoms with Crippen molar-refractivity contribution in [3.05, 3.63) is 89.0 Å². The van der Waals surface area contributed by atoms with Gasteiger partial charge in [0.1, 0.15) is 17.6 Å². The van der Waals surface area contributed by atoms with Gasteiger partial charge >= 0.3 is 0 Å². The maximum absolute atomic E-state index is 13.0. The van der Waals surface area contributed by atoms with Crippen molar-refractivity contribution in [3.8, 4) is 0 Å². The number of Topliss-reactive ketones (excluding diaryl/α,β-unsaturated/α-hetero) is 1. The Bertz CT molecular complexity index is 1040. The molecule has 6 heteroatoms. The Morgan fingerprint density at radius 3 is 2.41 bits per heavy atom. The normalized spacial score (nSPS) is 17.0.